The Morgan fingerprint density at radius 3 is 1.86 bits per heavy atom. The normalized spacial score (nSPS) is 12.5. The molecule has 2 aromatic rings. The third-order valence-electron chi connectivity index (χ3n) is 3.17. The molecule has 0 saturated heterocycles. The number of aliphatic imine (C=N–C) groups is 1. The van der Waals surface area contributed by atoms with E-state index in [9.17, 15) is 10.1 Å². The highest BCUT2D eigenvalue weighted by Crippen LogP contribution is 2.19. The average molecular weight is 331 g/mol. The van der Waals surface area contributed by atoms with Crippen LogP contribution in [0.25, 0.3) is 0 Å². The van der Waals surface area contributed by atoms with Crippen LogP contribution in [0.15, 0.2) is 53.5 Å². The summed E-state index contributed by atoms with van der Waals surface area (Å²) in [6, 6.07) is 15.3. The molecule has 2 rings (SSSR count). The predicted molar refractivity (Wildman–Crippen MR) is 88.8 cm³/mol. The standard InChI is InChI=1S/C17H12Cl2N2O/c1-21-16(11-2-6-13(18)7-3-11)15(10-20)17(22)12-4-8-14(19)9-5-12/h2-9,15H,1H3. The van der Waals surface area contributed by atoms with E-state index in [0.29, 0.717) is 26.9 Å². The first-order valence-electron chi connectivity index (χ1n) is 6.49. The van der Waals surface area contributed by atoms with Gasteiger partial charge in [0.15, 0.2) is 11.7 Å². The Labute approximate surface area is 138 Å². The fourth-order valence-electron chi connectivity index (χ4n) is 2.07. The molecular formula is C17H12Cl2N2O. The Balaban J connectivity index is 2.37. The van der Waals surface area contributed by atoms with Crippen molar-refractivity contribution in [2.45, 2.75) is 0 Å². The Hall–Kier alpha value is -2.15. The van der Waals surface area contributed by atoms with Gasteiger partial charge in [-0.3, -0.25) is 9.79 Å². The van der Waals surface area contributed by atoms with Crippen molar-refractivity contribution in [3.05, 3.63) is 69.7 Å². The zero-order valence-electron chi connectivity index (χ0n) is 11.8. The lowest BCUT2D eigenvalue weighted by molar-refractivity contribution is 0.0975. The van der Waals surface area contributed by atoms with E-state index in [1.54, 1.807) is 55.6 Å². The van der Waals surface area contributed by atoms with Crippen LogP contribution in [-0.2, 0) is 0 Å². The van der Waals surface area contributed by atoms with Crippen LogP contribution < -0.4 is 0 Å². The maximum Gasteiger partial charge on any atom is 0.186 e. The largest absolute Gasteiger partial charge is 0.292 e. The Bertz CT molecular complexity index is 744. The summed E-state index contributed by atoms with van der Waals surface area (Å²) in [5.74, 6) is -1.29. The maximum atomic E-state index is 12.6. The van der Waals surface area contributed by atoms with Gasteiger partial charge in [0.2, 0.25) is 0 Å². The van der Waals surface area contributed by atoms with Crippen LogP contribution in [0.1, 0.15) is 15.9 Å². The van der Waals surface area contributed by atoms with Gasteiger partial charge in [0.25, 0.3) is 0 Å². The molecule has 0 amide bonds. The fourth-order valence-corrected chi connectivity index (χ4v) is 2.32. The highest BCUT2D eigenvalue weighted by molar-refractivity contribution is 6.31. The second-order valence-corrected chi connectivity index (χ2v) is 5.42. The molecule has 110 valence electrons. The van der Waals surface area contributed by atoms with Crippen LogP contribution >= 0.6 is 23.2 Å². The van der Waals surface area contributed by atoms with Crippen molar-refractivity contribution < 1.29 is 4.79 Å². The Morgan fingerprint density at radius 1 is 1.00 bits per heavy atom. The van der Waals surface area contributed by atoms with E-state index in [2.05, 4.69) is 4.99 Å². The number of benzene rings is 2. The van der Waals surface area contributed by atoms with E-state index in [0.717, 1.165) is 0 Å². The fraction of sp³-hybridized carbons (Fsp3) is 0.118. The lowest BCUT2D eigenvalue weighted by Crippen LogP contribution is -2.24. The van der Waals surface area contributed by atoms with Gasteiger partial charge in [-0.15, -0.1) is 0 Å². The van der Waals surface area contributed by atoms with E-state index >= 15 is 0 Å². The number of halogens is 2. The molecule has 22 heavy (non-hydrogen) atoms. The van der Waals surface area contributed by atoms with Gasteiger partial charge in [0.1, 0.15) is 0 Å². The summed E-state index contributed by atoms with van der Waals surface area (Å²) in [6.07, 6.45) is 0. The number of carbonyl (C=O) groups is 1. The minimum absolute atomic E-state index is 0.310. The van der Waals surface area contributed by atoms with Gasteiger partial charge >= 0.3 is 0 Å². The van der Waals surface area contributed by atoms with Crippen molar-refractivity contribution in [1.82, 2.24) is 0 Å². The monoisotopic (exact) mass is 330 g/mol. The second kappa shape index (κ2) is 7.22. The highest BCUT2D eigenvalue weighted by atomic mass is 35.5. The summed E-state index contributed by atoms with van der Waals surface area (Å²) >= 11 is 11.7. The van der Waals surface area contributed by atoms with E-state index < -0.39 is 5.92 Å². The molecule has 0 radical (unpaired) electrons. The van der Waals surface area contributed by atoms with Crippen LogP contribution in [0.5, 0.6) is 0 Å². The minimum Gasteiger partial charge on any atom is -0.292 e. The van der Waals surface area contributed by atoms with Crippen LogP contribution in [0.3, 0.4) is 0 Å². The van der Waals surface area contributed by atoms with E-state index in [-0.39, 0.29) is 5.78 Å². The number of hydrogen-bond acceptors (Lipinski definition) is 3. The summed E-state index contributed by atoms with van der Waals surface area (Å²) in [5.41, 5.74) is 1.53. The van der Waals surface area contributed by atoms with Crippen molar-refractivity contribution >= 4 is 34.7 Å². The number of Topliss-reactive ketones (excluding diaryl/α,β-unsaturated/α-hetero) is 1. The summed E-state index contributed by atoms with van der Waals surface area (Å²) in [6.45, 7) is 0. The molecule has 0 aliphatic rings. The van der Waals surface area contributed by atoms with Gasteiger partial charge in [-0.1, -0.05) is 35.3 Å². The highest BCUT2D eigenvalue weighted by Gasteiger charge is 2.26. The summed E-state index contributed by atoms with van der Waals surface area (Å²) in [5, 5.41) is 10.5. The molecule has 2 aromatic carbocycles. The first-order valence-corrected chi connectivity index (χ1v) is 7.24. The lowest BCUT2D eigenvalue weighted by atomic mass is 9.90. The molecule has 0 heterocycles. The molecule has 0 fully saturated rings. The van der Waals surface area contributed by atoms with Crippen LogP contribution in [0.2, 0.25) is 10.0 Å². The number of hydrogen-bond donors (Lipinski definition) is 0. The van der Waals surface area contributed by atoms with Crippen LogP contribution in [0.4, 0.5) is 0 Å². The van der Waals surface area contributed by atoms with Gasteiger partial charge < -0.3 is 0 Å². The van der Waals surface area contributed by atoms with Gasteiger partial charge in [0.05, 0.1) is 11.8 Å². The number of ketones is 1. The van der Waals surface area contributed by atoms with Crippen molar-refractivity contribution in [2.24, 2.45) is 10.9 Å². The number of carbonyl (C=O) groups excluding carboxylic acids is 1. The van der Waals surface area contributed by atoms with Crippen LogP contribution in [0, 0.1) is 17.2 Å². The molecule has 5 heteroatoms. The number of rotatable bonds is 4. The lowest BCUT2D eigenvalue weighted by Gasteiger charge is -2.12. The predicted octanol–water partition coefficient (Wildman–Crippen LogP) is 4.43. The molecule has 0 aromatic heterocycles. The smallest absolute Gasteiger partial charge is 0.186 e. The second-order valence-electron chi connectivity index (χ2n) is 4.55. The molecule has 0 aliphatic carbocycles. The van der Waals surface area contributed by atoms with E-state index in [4.69, 9.17) is 23.2 Å². The SMILES string of the molecule is CN=C(c1ccc(Cl)cc1)C(C#N)C(=O)c1ccc(Cl)cc1. The van der Waals surface area contributed by atoms with E-state index in [1.807, 2.05) is 6.07 Å². The maximum absolute atomic E-state index is 12.6. The van der Waals surface area contributed by atoms with Gasteiger partial charge in [-0.05, 0) is 42.0 Å². The molecule has 1 unspecified atom stereocenters. The minimum atomic E-state index is -0.979. The first-order chi connectivity index (χ1) is 10.6. The number of nitrogens with zero attached hydrogens (tertiary/aromatic N) is 2. The third-order valence-corrected chi connectivity index (χ3v) is 3.68. The quantitative estimate of drug-likeness (QED) is 0.614. The topological polar surface area (TPSA) is 53.2 Å². The van der Waals surface area contributed by atoms with E-state index in [1.165, 1.54) is 0 Å². The molecule has 0 aliphatic heterocycles. The van der Waals surface area contributed by atoms with Crippen molar-refractivity contribution in [3.63, 3.8) is 0 Å². The van der Waals surface area contributed by atoms with Crippen LogP contribution in [-0.4, -0.2) is 18.5 Å². The Kier molecular flexibility index (Phi) is 5.32. The molecular weight excluding hydrogens is 319 g/mol. The zero-order chi connectivity index (χ0) is 16.1. The average Bonchev–Trinajstić information content (AvgIpc) is 2.53. The van der Waals surface area contributed by atoms with Crippen molar-refractivity contribution in [1.29, 1.82) is 5.26 Å². The molecule has 0 saturated carbocycles. The number of nitriles is 1. The van der Waals surface area contributed by atoms with Gasteiger partial charge in [-0.2, -0.15) is 5.26 Å². The zero-order valence-corrected chi connectivity index (χ0v) is 13.3. The summed E-state index contributed by atoms with van der Waals surface area (Å²) < 4.78 is 0. The molecule has 0 bridgehead atoms. The molecule has 3 nitrogen and oxygen atoms in total. The molecule has 0 spiro atoms. The van der Waals surface area contributed by atoms with Crippen molar-refractivity contribution in [3.8, 4) is 6.07 Å². The summed E-state index contributed by atoms with van der Waals surface area (Å²) in [4.78, 5) is 16.7. The third kappa shape index (κ3) is 3.54. The van der Waals surface area contributed by atoms with Gasteiger partial charge in [-0.25, -0.2) is 0 Å². The first kappa shape index (κ1) is 16.2. The van der Waals surface area contributed by atoms with Crippen molar-refractivity contribution in [2.75, 3.05) is 7.05 Å². The Morgan fingerprint density at radius 2 is 1.45 bits per heavy atom. The van der Waals surface area contributed by atoms with Gasteiger partial charge in [0, 0.05) is 22.7 Å². The molecule has 0 N–H and O–H groups in total. The molecule has 1 atom stereocenters. The summed E-state index contributed by atoms with van der Waals surface area (Å²) in [7, 11) is 1.56.